The Morgan fingerprint density at radius 2 is 1.67 bits per heavy atom. The first kappa shape index (κ1) is 21.7. The van der Waals surface area contributed by atoms with E-state index in [1.807, 2.05) is 0 Å². The Kier molecular flexibility index (Phi) is 6.63. The summed E-state index contributed by atoms with van der Waals surface area (Å²) in [5.74, 6) is 0.601. The van der Waals surface area contributed by atoms with E-state index in [4.69, 9.17) is 9.47 Å². The van der Waals surface area contributed by atoms with E-state index in [0.717, 1.165) is 4.47 Å². The lowest BCUT2D eigenvalue weighted by atomic mass is 10.2. The molecule has 0 bridgehead atoms. The number of rotatable bonds is 7. The van der Waals surface area contributed by atoms with Crippen LogP contribution in [0.15, 0.2) is 76.1 Å². The summed E-state index contributed by atoms with van der Waals surface area (Å²) in [5.41, 5.74) is 0.974. The number of hydrogen-bond acceptors (Lipinski definition) is 5. The van der Waals surface area contributed by atoms with Gasteiger partial charge >= 0.3 is 0 Å². The van der Waals surface area contributed by atoms with Crippen molar-refractivity contribution in [2.24, 2.45) is 0 Å². The summed E-state index contributed by atoms with van der Waals surface area (Å²) in [7, 11) is -0.773. The summed E-state index contributed by atoms with van der Waals surface area (Å²) in [5, 5.41) is 2.75. The number of carbonyl (C=O) groups is 1. The lowest BCUT2D eigenvalue weighted by molar-refractivity contribution is 0.102. The minimum absolute atomic E-state index is 0.113. The standard InChI is InChI=1S/C21H19BrN2O5S/c1-28-17-8-11-20(29-2)19(13-17)23-21(25)14-4-3-5-16(12-14)24-30(26,27)18-9-6-15(22)7-10-18/h3-13,24H,1-2H3,(H,23,25). The van der Waals surface area contributed by atoms with Gasteiger partial charge in [0.2, 0.25) is 0 Å². The van der Waals surface area contributed by atoms with Crippen LogP contribution < -0.4 is 19.5 Å². The second kappa shape index (κ2) is 9.19. The Labute approximate surface area is 183 Å². The predicted molar refractivity (Wildman–Crippen MR) is 119 cm³/mol. The molecule has 0 aliphatic heterocycles. The Morgan fingerprint density at radius 1 is 0.933 bits per heavy atom. The molecular formula is C21H19BrN2O5S. The number of ether oxygens (including phenoxy) is 2. The molecule has 1 amide bonds. The van der Waals surface area contributed by atoms with Crippen LogP contribution in [-0.2, 0) is 10.0 Å². The van der Waals surface area contributed by atoms with Crippen LogP contribution in [0.25, 0.3) is 0 Å². The van der Waals surface area contributed by atoms with Gasteiger partial charge in [0, 0.05) is 21.8 Å². The molecule has 156 valence electrons. The van der Waals surface area contributed by atoms with Gasteiger partial charge in [-0.25, -0.2) is 8.42 Å². The summed E-state index contributed by atoms with van der Waals surface area (Å²) >= 11 is 3.27. The summed E-state index contributed by atoms with van der Waals surface area (Å²) < 4.78 is 38.9. The number of methoxy groups -OCH3 is 2. The molecule has 0 fully saturated rings. The highest BCUT2D eigenvalue weighted by Crippen LogP contribution is 2.29. The van der Waals surface area contributed by atoms with Crippen LogP contribution in [0.5, 0.6) is 11.5 Å². The maximum absolute atomic E-state index is 12.7. The number of nitrogens with one attached hydrogen (secondary N) is 2. The molecule has 0 aromatic heterocycles. The van der Waals surface area contributed by atoms with E-state index >= 15 is 0 Å². The van der Waals surface area contributed by atoms with Crippen LogP contribution in [0, 0.1) is 0 Å². The van der Waals surface area contributed by atoms with Gasteiger partial charge in [-0.05, 0) is 54.6 Å². The molecule has 0 saturated carbocycles. The number of sulfonamides is 1. The fraction of sp³-hybridized carbons (Fsp3) is 0.0952. The van der Waals surface area contributed by atoms with E-state index in [0.29, 0.717) is 17.2 Å². The molecule has 0 saturated heterocycles. The summed E-state index contributed by atoms with van der Waals surface area (Å²) in [6, 6.07) is 17.5. The molecule has 30 heavy (non-hydrogen) atoms. The summed E-state index contributed by atoms with van der Waals surface area (Å²) in [6.07, 6.45) is 0. The fourth-order valence-corrected chi connectivity index (χ4v) is 3.97. The van der Waals surface area contributed by atoms with E-state index < -0.39 is 15.9 Å². The molecule has 0 atom stereocenters. The van der Waals surface area contributed by atoms with Gasteiger partial charge in [0.05, 0.1) is 24.8 Å². The molecule has 7 nitrogen and oxygen atoms in total. The van der Waals surface area contributed by atoms with Gasteiger partial charge < -0.3 is 14.8 Å². The molecule has 0 radical (unpaired) electrons. The average Bonchev–Trinajstić information content (AvgIpc) is 2.73. The van der Waals surface area contributed by atoms with Crippen molar-refractivity contribution < 1.29 is 22.7 Å². The van der Waals surface area contributed by atoms with Crippen molar-refractivity contribution in [1.82, 2.24) is 0 Å². The number of carbonyl (C=O) groups excluding carboxylic acids is 1. The lowest BCUT2D eigenvalue weighted by Gasteiger charge is -2.13. The molecule has 9 heteroatoms. The Hall–Kier alpha value is -3.04. The van der Waals surface area contributed by atoms with E-state index in [1.54, 1.807) is 48.5 Å². The normalized spacial score (nSPS) is 10.9. The smallest absolute Gasteiger partial charge is 0.261 e. The van der Waals surface area contributed by atoms with Gasteiger partial charge in [-0.15, -0.1) is 0 Å². The van der Waals surface area contributed by atoms with Crippen molar-refractivity contribution in [3.05, 3.63) is 76.8 Å². The molecule has 3 aromatic carbocycles. The van der Waals surface area contributed by atoms with Gasteiger partial charge in [0.1, 0.15) is 11.5 Å². The van der Waals surface area contributed by atoms with Gasteiger partial charge in [0.25, 0.3) is 15.9 Å². The van der Waals surface area contributed by atoms with Crippen LogP contribution in [0.2, 0.25) is 0 Å². The topological polar surface area (TPSA) is 93.7 Å². The quantitative estimate of drug-likeness (QED) is 0.507. The average molecular weight is 491 g/mol. The minimum Gasteiger partial charge on any atom is -0.497 e. The van der Waals surface area contributed by atoms with E-state index in [-0.39, 0.29) is 16.1 Å². The highest BCUT2D eigenvalue weighted by atomic mass is 79.9. The molecule has 0 aliphatic rings. The van der Waals surface area contributed by atoms with Gasteiger partial charge in [-0.3, -0.25) is 9.52 Å². The number of benzene rings is 3. The highest BCUT2D eigenvalue weighted by Gasteiger charge is 2.16. The van der Waals surface area contributed by atoms with Crippen LogP contribution >= 0.6 is 15.9 Å². The first-order valence-electron chi connectivity index (χ1n) is 8.74. The zero-order valence-corrected chi connectivity index (χ0v) is 18.6. The van der Waals surface area contributed by atoms with E-state index in [1.165, 1.54) is 32.4 Å². The zero-order chi connectivity index (χ0) is 21.7. The number of anilines is 2. The van der Waals surface area contributed by atoms with Crippen molar-refractivity contribution in [1.29, 1.82) is 0 Å². The molecule has 3 aromatic rings. The second-order valence-electron chi connectivity index (χ2n) is 6.16. The SMILES string of the molecule is COc1ccc(OC)c(NC(=O)c2cccc(NS(=O)(=O)c3ccc(Br)cc3)c2)c1. The Morgan fingerprint density at radius 3 is 2.33 bits per heavy atom. The van der Waals surface area contributed by atoms with E-state index in [2.05, 4.69) is 26.0 Å². The van der Waals surface area contributed by atoms with E-state index in [9.17, 15) is 13.2 Å². The highest BCUT2D eigenvalue weighted by molar-refractivity contribution is 9.10. The largest absolute Gasteiger partial charge is 0.497 e. The van der Waals surface area contributed by atoms with Crippen molar-refractivity contribution in [2.75, 3.05) is 24.3 Å². The summed E-state index contributed by atoms with van der Waals surface area (Å²) in [4.78, 5) is 12.8. The van der Waals surface area contributed by atoms with Gasteiger partial charge in [-0.2, -0.15) is 0 Å². The zero-order valence-electron chi connectivity index (χ0n) is 16.2. The number of halogens is 1. The molecule has 0 spiro atoms. The first-order chi connectivity index (χ1) is 14.3. The predicted octanol–water partition coefficient (Wildman–Crippen LogP) is 4.52. The monoisotopic (exact) mass is 490 g/mol. The van der Waals surface area contributed by atoms with Crippen molar-refractivity contribution >= 4 is 43.2 Å². The minimum atomic E-state index is -3.79. The van der Waals surface area contributed by atoms with Gasteiger partial charge in [-0.1, -0.05) is 22.0 Å². The van der Waals surface area contributed by atoms with Crippen molar-refractivity contribution in [3.63, 3.8) is 0 Å². The number of amides is 1. The number of hydrogen-bond donors (Lipinski definition) is 2. The summed E-state index contributed by atoms with van der Waals surface area (Å²) in [6.45, 7) is 0. The molecular weight excluding hydrogens is 472 g/mol. The van der Waals surface area contributed by atoms with Crippen molar-refractivity contribution in [2.45, 2.75) is 4.90 Å². The molecule has 0 heterocycles. The maximum Gasteiger partial charge on any atom is 0.261 e. The Balaban J connectivity index is 1.81. The molecule has 0 unspecified atom stereocenters. The first-order valence-corrected chi connectivity index (χ1v) is 11.0. The van der Waals surface area contributed by atoms with Crippen LogP contribution in [0.1, 0.15) is 10.4 Å². The third kappa shape index (κ3) is 5.11. The molecule has 2 N–H and O–H groups in total. The van der Waals surface area contributed by atoms with Crippen LogP contribution in [-0.4, -0.2) is 28.5 Å². The second-order valence-corrected chi connectivity index (χ2v) is 8.76. The fourth-order valence-electron chi connectivity index (χ4n) is 2.66. The maximum atomic E-state index is 12.7. The lowest BCUT2D eigenvalue weighted by Crippen LogP contribution is -2.15. The Bertz CT molecular complexity index is 1160. The van der Waals surface area contributed by atoms with Crippen molar-refractivity contribution in [3.8, 4) is 11.5 Å². The van der Waals surface area contributed by atoms with Crippen LogP contribution in [0.3, 0.4) is 0 Å². The van der Waals surface area contributed by atoms with Gasteiger partial charge in [0.15, 0.2) is 0 Å². The third-order valence-electron chi connectivity index (χ3n) is 4.16. The molecule has 0 aliphatic carbocycles. The molecule has 3 rings (SSSR count). The van der Waals surface area contributed by atoms with Crippen LogP contribution in [0.4, 0.5) is 11.4 Å². The third-order valence-corrected chi connectivity index (χ3v) is 6.08.